The second-order valence-corrected chi connectivity index (χ2v) is 12.4. The fourth-order valence-electron chi connectivity index (χ4n) is 4.39. The van der Waals surface area contributed by atoms with Gasteiger partial charge in [0.25, 0.3) is 5.91 Å². The Morgan fingerprint density at radius 1 is 1.15 bits per heavy atom. The molecule has 0 aromatic heterocycles. The number of halogens is 1. The number of carbonyl (C=O) groups is 2. The van der Waals surface area contributed by atoms with Crippen LogP contribution in [0.1, 0.15) is 43.9 Å². The molecule has 2 atom stereocenters. The van der Waals surface area contributed by atoms with E-state index in [0.717, 1.165) is 0 Å². The molecular weight excluding hydrogens is 564 g/mol. The lowest BCUT2D eigenvalue weighted by molar-refractivity contribution is -0.137. The van der Waals surface area contributed by atoms with Crippen LogP contribution in [0.5, 0.6) is 11.5 Å². The van der Waals surface area contributed by atoms with Gasteiger partial charge in [-0.05, 0) is 30.7 Å². The predicted octanol–water partition coefficient (Wildman–Crippen LogP) is 2.42. The summed E-state index contributed by atoms with van der Waals surface area (Å²) in [4.78, 5) is 28.3. The summed E-state index contributed by atoms with van der Waals surface area (Å²) in [5, 5.41) is 19.3. The van der Waals surface area contributed by atoms with E-state index in [4.69, 9.17) is 30.9 Å². The summed E-state index contributed by atoms with van der Waals surface area (Å²) in [7, 11) is -1.10. The number of ether oxygens (including phenoxy) is 3. The Labute approximate surface area is 239 Å². The third-order valence-electron chi connectivity index (χ3n) is 6.35. The lowest BCUT2D eigenvalue weighted by atomic mass is 9.92. The Balaban J connectivity index is 2.15. The molecule has 1 aliphatic heterocycles. The molecule has 3 rings (SSSR count). The van der Waals surface area contributed by atoms with Crippen molar-refractivity contribution in [2.45, 2.75) is 38.9 Å². The molecule has 2 amide bonds. The average molecular weight is 599 g/mol. The van der Waals surface area contributed by atoms with E-state index in [-0.39, 0.29) is 26.2 Å². The zero-order valence-corrected chi connectivity index (χ0v) is 24.4. The first-order chi connectivity index (χ1) is 18.9. The summed E-state index contributed by atoms with van der Waals surface area (Å²) >= 11 is 6.39. The average Bonchev–Trinajstić information content (AvgIpc) is 3.01. The van der Waals surface area contributed by atoms with E-state index in [1.165, 1.54) is 19.1 Å². The highest BCUT2D eigenvalue weighted by atomic mass is 35.5. The molecule has 220 valence electrons. The Hall–Kier alpha value is -2.90. The molecular formula is C27H35ClN2O9S. The van der Waals surface area contributed by atoms with Gasteiger partial charge in [0.1, 0.15) is 12.2 Å². The van der Waals surface area contributed by atoms with E-state index in [0.29, 0.717) is 33.3 Å². The fraction of sp³-hybridized carbons (Fsp3) is 0.481. The number of hydrogen-bond donors (Lipinski definition) is 3. The zero-order chi connectivity index (χ0) is 29.7. The van der Waals surface area contributed by atoms with Gasteiger partial charge in [-0.25, -0.2) is 8.42 Å². The second kappa shape index (κ2) is 13.2. The standard InChI is InChI=1S/C27H35ClN2O9S/c1-27(2,16-32)15-30-20-10-9-17(28)13-19(20)24(18-7-5-8-21(37-3)25(18)38-4)39-22(26(30)34)14-23(33)29-40(35,36)12-6-11-31/h5,7-10,13,22,24,31-32H,6,11-12,14-16H2,1-4H3,(H,29,33). The van der Waals surface area contributed by atoms with E-state index < -0.39 is 51.6 Å². The first-order valence-corrected chi connectivity index (χ1v) is 14.6. The Kier molecular flexibility index (Phi) is 10.4. The lowest BCUT2D eigenvalue weighted by Crippen LogP contribution is -2.47. The molecule has 3 N–H and O–H groups in total. The van der Waals surface area contributed by atoms with Crippen LogP contribution in [0.15, 0.2) is 36.4 Å². The molecule has 1 heterocycles. The number of nitrogens with one attached hydrogen (secondary N) is 1. The highest BCUT2D eigenvalue weighted by molar-refractivity contribution is 7.90. The molecule has 11 nitrogen and oxygen atoms in total. The van der Waals surface area contributed by atoms with Gasteiger partial charge in [0.15, 0.2) is 11.5 Å². The molecule has 13 heteroatoms. The predicted molar refractivity (Wildman–Crippen MR) is 149 cm³/mol. The number of amides is 2. The zero-order valence-electron chi connectivity index (χ0n) is 22.8. The summed E-state index contributed by atoms with van der Waals surface area (Å²) in [5.74, 6) is -1.26. The van der Waals surface area contributed by atoms with Crippen LogP contribution in [0, 0.1) is 5.41 Å². The number of anilines is 1. The Morgan fingerprint density at radius 2 is 1.88 bits per heavy atom. The summed E-state index contributed by atoms with van der Waals surface area (Å²) < 4.78 is 43.9. The van der Waals surface area contributed by atoms with E-state index in [1.807, 2.05) is 4.72 Å². The minimum atomic E-state index is -4.04. The Morgan fingerprint density at radius 3 is 2.50 bits per heavy atom. The minimum Gasteiger partial charge on any atom is -0.493 e. The molecule has 2 unspecified atom stereocenters. The molecule has 2 aromatic carbocycles. The maximum atomic E-state index is 14.0. The van der Waals surface area contributed by atoms with Crippen LogP contribution in [0.2, 0.25) is 5.02 Å². The minimum absolute atomic E-state index is 0.0563. The van der Waals surface area contributed by atoms with Gasteiger partial charge in [-0.15, -0.1) is 0 Å². The monoisotopic (exact) mass is 598 g/mol. The van der Waals surface area contributed by atoms with E-state index in [2.05, 4.69) is 0 Å². The molecule has 0 radical (unpaired) electrons. The van der Waals surface area contributed by atoms with Crippen LogP contribution in [0.4, 0.5) is 5.69 Å². The highest BCUT2D eigenvalue weighted by Crippen LogP contribution is 2.45. The van der Waals surface area contributed by atoms with Crippen molar-refractivity contribution >= 4 is 39.1 Å². The summed E-state index contributed by atoms with van der Waals surface area (Å²) in [6, 6.07) is 10.1. The number of carbonyl (C=O) groups excluding carboxylic acids is 2. The molecule has 2 aromatic rings. The molecule has 0 saturated carbocycles. The largest absolute Gasteiger partial charge is 0.493 e. The van der Waals surface area contributed by atoms with Gasteiger partial charge < -0.3 is 29.3 Å². The van der Waals surface area contributed by atoms with Crippen LogP contribution in [-0.4, -0.2) is 76.3 Å². The molecule has 40 heavy (non-hydrogen) atoms. The van der Waals surface area contributed by atoms with E-state index >= 15 is 0 Å². The molecule has 0 bridgehead atoms. The smallest absolute Gasteiger partial charge is 0.256 e. The van der Waals surface area contributed by atoms with Crippen LogP contribution in [0.25, 0.3) is 0 Å². The quantitative estimate of drug-likeness (QED) is 0.334. The normalized spacial score (nSPS) is 17.7. The third-order valence-corrected chi connectivity index (χ3v) is 7.95. The number of hydrogen-bond acceptors (Lipinski definition) is 9. The first-order valence-electron chi connectivity index (χ1n) is 12.6. The van der Waals surface area contributed by atoms with Crippen LogP contribution < -0.4 is 19.1 Å². The summed E-state index contributed by atoms with van der Waals surface area (Å²) in [5.41, 5.74) is 0.701. The summed E-state index contributed by atoms with van der Waals surface area (Å²) in [6.07, 6.45) is -3.07. The van der Waals surface area contributed by atoms with Crippen molar-refractivity contribution in [1.29, 1.82) is 0 Å². The molecule has 0 spiro atoms. The van der Waals surface area contributed by atoms with Crippen molar-refractivity contribution in [1.82, 2.24) is 4.72 Å². The first kappa shape index (κ1) is 31.6. The number of aliphatic hydroxyl groups is 2. The fourth-order valence-corrected chi connectivity index (χ4v) is 5.62. The number of rotatable bonds is 12. The van der Waals surface area contributed by atoms with Crippen molar-refractivity contribution in [3.05, 3.63) is 52.5 Å². The van der Waals surface area contributed by atoms with Crippen molar-refractivity contribution < 1.29 is 42.4 Å². The van der Waals surface area contributed by atoms with Gasteiger partial charge in [-0.3, -0.25) is 14.3 Å². The van der Waals surface area contributed by atoms with Crippen molar-refractivity contribution in [2.24, 2.45) is 5.41 Å². The van der Waals surface area contributed by atoms with Gasteiger partial charge in [-0.1, -0.05) is 37.6 Å². The van der Waals surface area contributed by atoms with Crippen molar-refractivity contribution in [3.8, 4) is 11.5 Å². The van der Waals surface area contributed by atoms with E-state index in [1.54, 1.807) is 50.2 Å². The summed E-state index contributed by atoms with van der Waals surface area (Å²) in [6.45, 7) is 3.02. The molecule has 0 fully saturated rings. The number of fused-ring (bicyclic) bond motifs is 1. The van der Waals surface area contributed by atoms with Crippen LogP contribution in [-0.2, 0) is 24.3 Å². The van der Waals surface area contributed by atoms with Crippen molar-refractivity contribution in [3.63, 3.8) is 0 Å². The van der Waals surface area contributed by atoms with Gasteiger partial charge >= 0.3 is 0 Å². The Bertz CT molecular complexity index is 1330. The topological polar surface area (TPSA) is 152 Å². The highest BCUT2D eigenvalue weighted by Gasteiger charge is 2.41. The van der Waals surface area contributed by atoms with E-state index in [9.17, 15) is 23.1 Å². The van der Waals surface area contributed by atoms with Gasteiger partial charge in [0, 0.05) is 47.0 Å². The van der Waals surface area contributed by atoms with Crippen LogP contribution in [0.3, 0.4) is 0 Å². The van der Waals surface area contributed by atoms with Gasteiger partial charge in [-0.2, -0.15) is 0 Å². The molecule has 0 saturated heterocycles. The lowest BCUT2D eigenvalue weighted by Gasteiger charge is -2.32. The van der Waals surface area contributed by atoms with Gasteiger partial charge in [0.2, 0.25) is 15.9 Å². The third kappa shape index (κ3) is 7.43. The second-order valence-electron chi connectivity index (χ2n) is 10.2. The maximum absolute atomic E-state index is 14.0. The number of para-hydroxylation sites is 1. The number of methoxy groups -OCH3 is 2. The number of benzene rings is 2. The van der Waals surface area contributed by atoms with Crippen LogP contribution >= 0.6 is 11.6 Å². The number of sulfonamides is 1. The number of aliphatic hydroxyl groups excluding tert-OH is 2. The van der Waals surface area contributed by atoms with Gasteiger partial charge in [0.05, 0.1) is 26.4 Å². The molecule has 0 aliphatic carbocycles. The SMILES string of the molecule is COc1cccc(C2OC(CC(=O)NS(=O)(=O)CCCO)C(=O)N(CC(C)(C)CO)c3ccc(Cl)cc32)c1OC. The van der Waals surface area contributed by atoms with Crippen molar-refractivity contribution in [2.75, 3.05) is 44.6 Å². The molecule has 1 aliphatic rings. The number of nitrogens with zero attached hydrogens (tertiary/aromatic N) is 1. The maximum Gasteiger partial charge on any atom is 0.256 e.